The standard InChI is InChI=1S/C30H30N4O6S2/c1-17-9-11-20(12-10-17)34-29(37)26-21-7-5-6-8-24(21)42-28(26)32-30(34)41-16-25(36)33-31-15-19-13-22(38-3)27(40-18(2)35)23(14-19)39-4/h9-15H,5-8,16H2,1-4H3,(H,33,36)/b31-15-. The lowest BCUT2D eigenvalue weighted by molar-refractivity contribution is -0.132. The second-order valence-electron chi connectivity index (χ2n) is 9.69. The molecule has 1 aliphatic carbocycles. The molecule has 42 heavy (non-hydrogen) atoms. The smallest absolute Gasteiger partial charge is 0.308 e. The maximum Gasteiger partial charge on any atom is 0.308 e. The van der Waals surface area contributed by atoms with Crippen molar-refractivity contribution in [2.45, 2.75) is 44.7 Å². The third-order valence-corrected chi connectivity index (χ3v) is 8.84. The first-order chi connectivity index (χ1) is 20.3. The number of hydrogen-bond acceptors (Lipinski definition) is 10. The highest BCUT2D eigenvalue weighted by atomic mass is 32.2. The van der Waals surface area contributed by atoms with Gasteiger partial charge < -0.3 is 14.2 Å². The Kier molecular flexibility index (Phi) is 8.93. The van der Waals surface area contributed by atoms with Gasteiger partial charge in [-0.15, -0.1) is 11.3 Å². The Balaban J connectivity index is 1.37. The molecular formula is C30H30N4O6S2. The molecule has 1 aliphatic rings. The first-order valence-corrected chi connectivity index (χ1v) is 15.1. The number of aromatic nitrogens is 2. The lowest BCUT2D eigenvalue weighted by Crippen LogP contribution is -2.24. The summed E-state index contributed by atoms with van der Waals surface area (Å²) in [6.07, 6.45) is 5.46. The molecule has 2 aromatic heterocycles. The quantitative estimate of drug-likeness (QED) is 0.0719. The fraction of sp³-hybridized carbons (Fsp3) is 0.300. The van der Waals surface area contributed by atoms with E-state index in [0.29, 0.717) is 21.8 Å². The van der Waals surface area contributed by atoms with Crippen molar-refractivity contribution in [3.63, 3.8) is 0 Å². The van der Waals surface area contributed by atoms with Gasteiger partial charge in [-0.2, -0.15) is 5.10 Å². The minimum atomic E-state index is -0.516. The highest BCUT2D eigenvalue weighted by Crippen LogP contribution is 2.38. The van der Waals surface area contributed by atoms with E-state index in [-0.39, 0.29) is 34.5 Å². The molecule has 218 valence electrons. The molecule has 4 aromatic rings. The van der Waals surface area contributed by atoms with E-state index in [1.807, 2.05) is 31.2 Å². The fourth-order valence-electron chi connectivity index (χ4n) is 4.76. The maximum atomic E-state index is 13.9. The Labute approximate surface area is 250 Å². The molecule has 0 atom stereocenters. The van der Waals surface area contributed by atoms with E-state index in [0.717, 1.165) is 41.6 Å². The van der Waals surface area contributed by atoms with Crippen LogP contribution >= 0.6 is 23.1 Å². The van der Waals surface area contributed by atoms with Crippen molar-refractivity contribution in [2.75, 3.05) is 20.0 Å². The highest BCUT2D eigenvalue weighted by Gasteiger charge is 2.23. The number of thiophene rings is 1. The Hall–Kier alpha value is -4.16. The number of carbonyl (C=O) groups is 2. The van der Waals surface area contributed by atoms with Gasteiger partial charge in [-0.05, 0) is 62.4 Å². The van der Waals surface area contributed by atoms with Crippen LogP contribution in [0.5, 0.6) is 17.2 Å². The van der Waals surface area contributed by atoms with Gasteiger partial charge in [-0.1, -0.05) is 29.5 Å². The zero-order valence-corrected chi connectivity index (χ0v) is 25.3. The summed E-state index contributed by atoms with van der Waals surface area (Å²) in [5.74, 6) is -0.192. The summed E-state index contributed by atoms with van der Waals surface area (Å²) < 4.78 is 17.4. The summed E-state index contributed by atoms with van der Waals surface area (Å²) in [6, 6.07) is 10.9. The summed E-state index contributed by atoms with van der Waals surface area (Å²) in [6.45, 7) is 3.27. The number of rotatable bonds is 9. The van der Waals surface area contributed by atoms with Crippen molar-refractivity contribution < 1.29 is 23.8 Å². The van der Waals surface area contributed by atoms with Gasteiger partial charge in [0.1, 0.15) is 4.83 Å². The van der Waals surface area contributed by atoms with E-state index < -0.39 is 5.97 Å². The van der Waals surface area contributed by atoms with Crippen LogP contribution in [0.1, 0.15) is 41.3 Å². The number of nitrogens with zero attached hydrogens (tertiary/aromatic N) is 3. The molecule has 0 fully saturated rings. The average Bonchev–Trinajstić information content (AvgIpc) is 3.35. The Morgan fingerprint density at radius 2 is 1.81 bits per heavy atom. The number of methoxy groups -OCH3 is 2. The molecule has 2 aromatic carbocycles. The second-order valence-corrected chi connectivity index (χ2v) is 11.7. The molecule has 2 heterocycles. The molecule has 1 amide bonds. The van der Waals surface area contributed by atoms with Crippen molar-refractivity contribution in [1.82, 2.24) is 15.0 Å². The predicted molar refractivity (Wildman–Crippen MR) is 164 cm³/mol. The Bertz CT molecular complexity index is 1720. The van der Waals surface area contributed by atoms with Crippen LogP contribution in [0, 0.1) is 6.92 Å². The maximum absolute atomic E-state index is 13.9. The van der Waals surface area contributed by atoms with Crippen molar-refractivity contribution in [3.05, 3.63) is 68.3 Å². The van der Waals surface area contributed by atoms with Crippen LogP contribution < -0.4 is 25.2 Å². The number of hydrogen-bond donors (Lipinski definition) is 1. The monoisotopic (exact) mass is 606 g/mol. The number of amides is 1. The molecule has 0 saturated heterocycles. The van der Waals surface area contributed by atoms with Crippen molar-refractivity contribution in [1.29, 1.82) is 0 Å². The molecule has 5 rings (SSSR count). The molecule has 0 radical (unpaired) electrons. The summed E-state index contributed by atoms with van der Waals surface area (Å²) in [5.41, 5.74) is 5.86. The van der Waals surface area contributed by atoms with Gasteiger partial charge in [0.2, 0.25) is 5.75 Å². The van der Waals surface area contributed by atoms with E-state index >= 15 is 0 Å². The van der Waals surface area contributed by atoms with Crippen LogP contribution in [-0.4, -0.2) is 47.6 Å². The zero-order valence-electron chi connectivity index (χ0n) is 23.7. The van der Waals surface area contributed by atoms with E-state index in [4.69, 9.17) is 19.2 Å². The predicted octanol–water partition coefficient (Wildman–Crippen LogP) is 4.82. The summed E-state index contributed by atoms with van der Waals surface area (Å²) in [4.78, 5) is 44.9. The van der Waals surface area contributed by atoms with E-state index in [1.165, 1.54) is 44.0 Å². The van der Waals surface area contributed by atoms with Gasteiger partial charge in [-0.25, -0.2) is 10.4 Å². The first kappa shape index (κ1) is 29.3. The lowest BCUT2D eigenvalue weighted by atomic mass is 9.97. The van der Waals surface area contributed by atoms with E-state index in [2.05, 4.69) is 10.5 Å². The van der Waals surface area contributed by atoms with Gasteiger partial charge >= 0.3 is 5.97 Å². The number of fused-ring (bicyclic) bond motifs is 3. The van der Waals surface area contributed by atoms with Crippen molar-refractivity contribution >= 4 is 51.4 Å². The van der Waals surface area contributed by atoms with Crippen LogP contribution in [-0.2, 0) is 22.4 Å². The van der Waals surface area contributed by atoms with Gasteiger partial charge in [-0.3, -0.25) is 19.0 Å². The zero-order chi connectivity index (χ0) is 29.8. The number of benzene rings is 2. The number of hydrazone groups is 1. The summed E-state index contributed by atoms with van der Waals surface area (Å²) in [5, 5.41) is 5.20. The molecule has 0 unspecified atom stereocenters. The van der Waals surface area contributed by atoms with Gasteiger partial charge in [0.15, 0.2) is 16.7 Å². The number of thioether (sulfide) groups is 1. The number of carbonyl (C=O) groups excluding carboxylic acids is 2. The van der Waals surface area contributed by atoms with Crippen LogP contribution in [0.2, 0.25) is 0 Å². The number of ether oxygens (including phenoxy) is 3. The SMILES string of the molecule is COc1cc(/C=N\NC(=O)CSc2nc3sc4c(c3c(=O)n2-c2ccc(C)cc2)CCCC4)cc(OC)c1OC(C)=O. The van der Waals surface area contributed by atoms with Crippen molar-refractivity contribution in [2.24, 2.45) is 5.10 Å². The third-order valence-electron chi connectivity index (χ3n) is 6.71. The van der Waals surface area contributed by atoms with Gasteiger partial charge in [0.25, 0.3) is 11.5 Å². The number of aryl methyl sites for hydroxylation is 3. The Morgan fingerprint density at radius 3 is 2.48 bits per heavy atom. The van der Waals surface area contributed by atoms with Crippen LogP contribution in [0.4, 0.5) is 0 Å². The van der Waals surface area contributed by atoms with E-state index in [1.54, 1.807) is 28.0 Å². The molecule has 0 bridgehead atoms. The minimum absolute atomic E-state index is 0.00965. The third kappa shape index (κ3) is 6.19. The molecule has 12 heteroatoms. The fourth-order valence-corrected chi connectivity index (χ4v) is 6.87. The van der Waals surface area contributed by atoms with Crippen LogP contribution in [0.25, 0.3) is 15.9 Å². The Morgan fingerprint density at radius 1 is 1.12 bits per heavy atom. The molecule has 1 N–H and O–H groups in total. The average molecular weight is 607 g/mol. The van der Waals surface area contributed by atoms with Crippen LogP contribution in [0.3, 0.4) is 0 Å². The number of nitrogens with one attached hydrogen (secondary N) is 1. The summed E-state index contributed by atoms with van der Waals surface area (Å²) >= 11 is 2.76. The van der Waals surface area contributed by atoms with E-state index in [9.17, 15) is 14.4 Å². The molecule has 0 spiro atoms. The second kappa shape index (κ2) is 12.8. The lowest BCUT2D eigenvalue weighted by Gasteiger charge is -2.14. The normalized spacial score (nSPS) is 12.8. The minimum Gasteiger partial charge on any atom is -0.493 e. The van der Waals surface area contributed by atoms with Gasteiger partial charge in [0.05, 0.1) is 37.3 Å². The molecule has 10 nitrogen and oxygen atoms in total. The molecule has 0 saturated carbocycles. The number of esters is 1. The topological polar surface area (TPSA) is 121 Å². The largest absolute Gasteiger partial charge is 0.493 e. The van der Waals surface area contributed by atoms with Gasteiger partial charge in [0, 0.05) is 17.4 Å². The molecular weight excluding hydrogens is 576 g/mol. The summed E-state index contributed by atoms with van der Waals surface area (Å²) in [7, 11) is 2.88. The van der Waals surface area contributed by atoms with Crippen molar-refractivity contribution in [3.8, 4) is 22.9 Å². The first-order valence-electron chi connectivity index (χ1n) is 13.3. The molecule has 0 aliphatic heterocycles. The van der Waals surface area contributed by atoms with Crippen LogP contribution in [0.15, 0.2) is 51.5 Å². The highest BCUT2D eigenvalue weighted by molar-refractivity contribution is 7.99.